The average Bonchev–Trinajstić information content (AvgIpc) is 3.52. The molecule has 0 atom stereocenters. The predicted octanol–water partition coefficient (Wildman–Crippen LogP) is 11.9. The second-order valence-corrected chi connectivity index (χ2v) is 13.6. The van der Waals surface area contributed by atoms with Crippen LogP contribution in [0.25, 0.3) is 44.3 Å². The van der Waals surface area contributed by atoms with E-state index in [4.69, 9.17) is 9.84 Å². The molecule has 0 aliphatic heterocycles. The SMILES string of the molecule is Cc1cc(Oc2ccc3c4ccccc4n(-c4cccc(C)c4)c3c2)cc(-n2nc(C)c(-c3c(C(C)C)cccc3C(C)C)c2C)c1. The minimum atomic E-state index is 0.409. The number of rotatable bonds is 7. The molecule has 0 radical (unpaired) electrons. The van der Waals surface area contributed by atoms with Crippen LogP contribution in [-0.2, 0) is 0 Å². The first kappa shape index (κ1) is 30.6. The monoisotopic (exact) mass is 617 g/mol. The Morgan fingerprint density at radius 1 is 0.553 bits per heavy atom. The van der Waals surface area contributed by atoms with Gasteiger partial charge in [-0.2, -0.15) is 5.10 Å². The zero-order chi connectivity index (χ0) is 33.0. The summed E-state index contributed by atoms with van der Waals surface area (Å²) in [5, 5.41) is 7.56. The van der Waals surface area contributed by atoms with Crippen molar-refractivity contribution in [3.05, 3.63) is 137 Å². The minimum absolute atomic E-state index is 0.409. The topological polar surface area (TPSA) is 32.0 Å². The molecule has 0 fully saturated rings. The third kappa shape index (κ3) is 5.42. The van der Waals surface area contributed by atoms with Gasteiger partial charge in [0.15, 0.2) is 0 Å². The number of nitrogens with zero attached hydrogens (tertiary/aromatic N) is 3. The fourth-order valence-electron chi connectivity index (χ4n) is 7.20. The normalized spacial score (nSPS) is 11.8. The van der Waals surface area contributed by atoms with Crippen LogP contribution in [0.3, 0.4) is 0 Å². The van der Waals surface area contributed by atoms with Crippen LogP contribution in [0.1, 0.15) is 73.2 Å². The van der Waals surface area contributed by atoms with Crippen molar-refractivity contribution in [1.29, 1.82) is 0 Å². The van der Waals surface area contributed by atoms with Gasteiger partial charge in [-0.3, -0.25) is 0 Å². The molecule has 5 aromatic carbocycles. The molecule has 4 heteroatoms. The van der Waals surface area contributed by atoms with Crippen LogP contribution in [0.5, 0.6) is 11.5 Å². The smallest absolute Gasteiger partial charge is 0.129 e. The Morgan fingerprint density at radius 2 is 1.23 bits per heavy atom. The highest BCUT2D eigenvalue weighted by molar-refractivity contribution is 6.09. The fourth-order valence-corrected chi connectivity index (χ4v) is 7.20. The first-order valence-corrected chi connectivity index (χ1v) is 16.7. The van der Waals surface area contributed by atoms with Gasteiger partial charge in [-0.25, -0.2) is 4.68 Å². The average molecular weight is 618 g/mol. The Labute approximate surface area is 278 Å². The first-order valence-electron chi connectivity index (χ1n) is 16.7. The van der Waals surface area contributed by atoms with Crippen molar-refractivity contribution >= 4 is 21.8 Å². The van der Waals surface area contributed by atoms with E-state index in [1.165, 1.54) is 44.1 Å². The van der Waals surface area contributed by atoms with E-state index in [1.807, 2.05) is 0 Å². The molecule has 0 saturated carbocycles. The van der Waals surface area contributed by atoms with Gasteiger partial charge < -0.3 is 9.30 Å². The lowest BCUT2D eigenvalue weighted by Crippen LogP contribution is -2.03. The number of hydrogen-bond donors (Lipinski definition) is 0. The molecule has 47 heavy (non-hydrogen) atoms. The fraction of sp³-hybridized carbons (Fsp3) is 0.233. The molecular weight excluding hydrogens is 574 g/mol. The lowest BCUT2D eigenvalue weighted by atomic mass is 9.84. The third-order valence-corrected chi connectivity index (χ3v) is 9.34. The summed E-state index contributed by atoms with van der Waals surface area (Å²) in [6, 6.07) is 36.8. The summed E-state index contributed by atoms with van der Waals surface area (Å²) < 4.78 is 11.1. The lowest BCUT2D eigenvalue weighted by Gasteiger charge is -2.20. The lowest BCUT2D eigenvalue weighted by molar-refractivity contribution is 0.482. The van der Waals surface area contributed by atoms with E-state index in [0.717, 1.165) is 45.3 Å². The van der Waals surface area contributed by atoms with Crippen LogP contribution < -0.4 is 4.74 Å². The van der Waals surface area contributed by atoms with E-state index in [0.29, 0.717) is 11.8 Å². The largest absolute Gasteiger partial charge is 0.457 e. The van der Waals surface area contributed by atoms with Crippen LogP contribution in [0.2, 0.25) is 0 Å². The number of ether oxygens (including phenoxy) is 1. The Morgan fingerprint density at radius 3 is 1.96 bits per heavy atom. The zero-order valence-corrected chi connectivity index (χ0v) is 28.7. The Kier molecular flexibility index (Phi) is 7.76. The molecule has 236 valence electrons. The Balaban J connectivity index is 1.32. The quantitative estimate of drug-likeness (QED) is 0.178. The van der Waals surface area contributed by atoms with Crippen molar-refractivity contribution < 1.29 is 4.74 Å². The number of aryl methyl sites for hydroxylation is 3. The van der Waals surface area contributed by atoms with E-state index in [1.54, 1.807) is 0 Å². The van der Waals surface area contributed by atoms with Crippen molar-refractivity contribution in [2.75, 3.05) is 0 Å². The summed E-state index contributed by atoms with van der Waals surface area (Å²) in [6.45, 7) is 17.7. The second-order valence-electron chi connectivity index (χ2n) is 13.6. The van der Waals surface area contributed by atoms with Crippen LogP contribution in [0.15, 0.2) is 103 Å². The van der Waals surface area contributed by atoms with Gasteiger partial charge in [-0.15, -0.1) is 0 Å². The third-order valence-electron chi connectivity index (χ3n) is 9.34. The van der Waals surface area contributed by atoms with Gasteiger partial charge in [-0.05, 0) is 110 Å². The highest BCUT2D eigenvalue weighted by atomic mass is 16.5. The van der Waals surface area contributed by atoms with E-state index < -0.39 is 0 Å². The molecule has 7 rings (SSSR count). The van der Waals surface area contributed by atoms with Crippen molar-refractivity contribution in [3.63, 3.8) is 0 Å². The van der Waals surface area contributed by atoms with E-state index in [9.17, 15) is 0 Å². The highest BCUT2D eigenvalue weighted by Crippen LogP contribution is 2.41. The number of benzene rings is 5. The molecule has 0 aliphatic rings. The second kappa shape index (κ2) is 11.9. The maximum Gasteiger partial charge on any atom is 0.129 e. The molecule has 2 aromatic heterocycles. The maximum absolute atomic E-state index is 6.65. The summed E-state index contributed by atoms with van der Waals surface area (Å²) >= 11 is 0. The van der Waals surface area contributed by atoms with Gasteiger partial charge in [0.2, 0.25) is 0 Å². The van der Waals surface area contributed by atoms with Crippen molar-refractivity contribution in [1.82, 2.24) is 14.3 Å². The summed E-state index contributed by atoms with van der Waals surface area (Å²) in [4.78, 5) is 0. The van der Waals surface area contributed by atoms with Crippen LogP contribution in [-0.4, -0.2) is 14.3 Å². The van der Waals surface area contributed by atoms with Gasteiger partial charge >= 0.3 is 0 Å². The van der Waals surface area contributed by atoms with Gasteiger partial charge in [0, 0.05) is 39.8 Å². The molecule has 0 saturated heterocycles. The standard InChI is InChI=1S/C43H43N3O/c1-26(2)36-16-12-17-37(27(3)4)43(36)42-30(7)44-46(31(42)8)33-22-29(6)23-35(24-33)47-34-19-20-39-38-15-9-10-18-40(38)45(41(39)25-34)32-14-11-13-28(5)21-32/h9-27H,1-8H3. The summed E-state index contributed by atoms with van der Waals surface area (Å²) in [5.74, 6) is 2.41. The number of aromatic nitrogens is 3. The number of para-hydroxylation sites is 1. The Hall–Kier alpha value is -5.09. The molecule has 0 N–H and O–H groups in total. The Bertz CT molecular complexity index is 2260. The van der Waals surface area contributed by atoms with Crippen molar-refractivity contribution in [3.8, 4) is 34.0 Å². The summed E-state index contributed by atoms with van der Waals surface area (Å²) in [6.07, 6.45) is 0. The van der Waals surface area contributed by atoms with Gasteiger partial charge in [0.25, 0.3) is 0 Å². The number of fused-ring (bicyclic) bond motifs is 3. The summed E-state index contributed by atoms with van der Waals surface area (Å²) in [5.41, 5.74) is 14.3. The van der Waals surface area contributed by atoms with Gasteiger partial charge in [0.05, 0.1) is 22.4 Å². The molecule has 2 heterocycles. The zero-order valence-electron chi connectivity index (χ0n) is 28.7. The number of hydrogen-bond acceptors (Lipinski definition) is 2. The highest BCUT2D eigenvalue weighted by Gasteiger charge is 2.23. The molecule has 0 spiro atoms. The van der Waals surface area contributed by atoms with E-state index >= 15 is 0 Å². The minimum Gasteiger partial charge on any atom is -0.457 e. The van der Waals surface area contributed by atoms with Gasteiger partial charge in [0.1, 0.15) is 11.5 Å². The molecule has 4 nitrogen and oxygen atoms in total. The van der Waals surface area contributed by atoms with Crippen molar-refractivity contribution in [2.45, 2.75) is 67.2 Å². The van der Waals surface area contributed by atoms with Gasteiger partial charge in [-0.1, -0.05) is 76.2 Å². The molecule has 0 amide bonds. The molecule has 0 bridgehead atoms. The maximum atomic E-state index is 6.65. The predicted molar refractivity (Wildman–Crippen MR) is 197 cm³/mol. The van der Waals surface area contributed by atoms with E-state index in [2.05, 4.69) is 168 Å². The first-order chi connectivity index (χ1) is 22.6. The summed E-state index contributed by atoms with van der Waals surface area (Å²) in [7, 11) is 0. The van der Waals surface area contributed by atoms with Crippen LogP contribution in [0, 0.1) is 27.7 Å². The molecular formula is C43H43N3O. The van der Waals surface area contributed by atoms with Crippen molar-refractivity contribution in [2.24, 2.45) is 0 Å². The molecule has 0 aliphatic carbocycles. The van der Waals surface area contributed by atoms with Crippen LogP contribution >= 0.6 is 0 Å². The van der Waals surface area contributed by atoms with E-state index in [-0.39, 0.29) is 0 Å². The van der Waals surface area contributed by atoms with Crippen LogP contribution in [0.4, 0.5) is 0 Å². The molecule has 7 aromatic rings. The molecule has 0 unspecified atom stereocenters.